The van der Waals surface area contributed by atoms with Crippen molar-refractivity contribution in [1.82, 2.24) is 16.0 Å². The largest absolute Gasteiger partial charge is 0.480 e. The molecule has 0 aromatic heterocycles. The Bertz CT molecular complexity index is 638. The predicted molar refractivity (Wildman–Crippen MR) is 104 cm³/mol. The summed E-state index contributed by atoms with van der Waals surface area (Å²) in [6.45, 7) is 2.30. The maximum absolute atomic E-state index is 11.8. The third-order valence-electron chi connectivity index (χ3n) is 3.60. The van der Waals surface area contributed by atoms with Crippen LogP contribution in [0.3, 0.4) is 0 Å². The minimum Gasteiger partial charge on any atom is -0.480 e. The molecule has 176 valence electrons. The van der Waals surface area contributed by atoms with Gasteiger partial charge in [-0.3, -0.25) is 19.2 Å². The summed E-state index contributed by atoms with van der Waals surface area (Å²) in [6.07, 6.45) is -0.253. The highest BCUT2D eigenvalue weighted by Gasteiger charge is 2.21. The number of carboxylic acid groups (broad SMARTS) is 2. The zero-order valence-corrected chi connectivity index (χ0v) is 17.3. The average Bonchev–Trinajstić information content (AvgIpc) is 2.69. The molecule has 13 heteroatoms. The van der Waals surface area contributed by atoms with E-state index in [4.69, 9.17) is 14.6 Å². The van der Waals surface area contributed by atoms with Gasteiger partial charge >= 0.3 is 17.8 Å². The molecule has 1 atom stereocenters. The van der Waals surface area contributed by atoms with Crippen LogP contribution in [0.4, 0.5) is 0 Å². The van der Waals surface area contributed by atoms with Crippen LogP contribution in [0, 0.1) is 0 Å². The van der Waals surface area contributed by atoms with Crippen molar-refractivity contribution in [2.75, 3.05) is 39.5 Å². The van der Waals surface area contributed by atoms with Gasteiger partial charge < -0.3 is 35.6 Å². The lowest BCUT2D eigenvalue weighted by molar-refractivity contribution is -0.150. The van der Waals surface area contributed by atoms with Crippen LogP contribution >= 0.6 is 0 Å². The number of carbonyl (C=O) groups is 6. The summed E-state index contributed by atoms with van der Waals surface area (Å²) in [5.41, 5.74) is 0. The summed E-state index contributed by atoms with van der Waals surface area (Å²) < 4.78 is 10.2. The molecule has 0 aliphatic heterocycles. The molecule has 31 heavy (non-hydrogen) atoms. The van der Waals surface area contributed by atoms with Crippen LogP contribution in [0.25, 0.3) is 0 Å². The third kappa shape index (κ3) is 16.4. The number of Topliss-reactive ketones (excluding diaryl/α,β-unsaturated/α-hetero) is 1. The smallest absolute Gasteiger partial charge is 0.394 e. The molecule has 3 amide bonds. The van der Waals surface area contributed by atoms with Crippen molar-refractivity contribution >= 4 is 35.4 Å². The van der Waals surface area contributed by atoms with Crippen molar-refractivity contribution < 1.29 is 48.5 Å². The molecule has 0 fully saturated rings. The topological polar surface area (TPSA) is 197 Å². The third-order valence-corrected chi connectivity index (χ3v) is 3.60. The van der Waals surface area contributed by atoms with Crippen molar-refractivity contribution in [2.45, 2.75) is 38.6 Å². The van der Waals surface area contributed by atoms with Crippen LogP contribution in [-0.2, 0) is 38.2 Å². The van der Waals surface area contributed by atoms with E-state index in [0.717, 1.165) is 0 Å². The van der Waals surface area contributed by atoms with Crippen LogP contribution in [0.15, 0.2) is 0 Å². The first-order valence-electron chi connectivity index (χ1n) is 9.58. The van der Waals surface area contributed by atoms with Crippen molar-refractivity contribution in [3.63, 3.8) is 0 Å². The van der Waals surface area contributed by atoms with E-state index in [9.17, 15) is 33.9 Å². The quantitative estimate of drug-likeness (QED) is 0.123. The first kappa shape index (κ1) is 27.9. The lowest BCUT2D eigenvalue weighted by Gasteiger charge is -2.14. The Morgan fingerprint density at radius 3 is 2.13 bits per heavy atom. The van der Waals surface area contributed by atoms with Gasteiger partial charge in [-0.1, -0.05) is 0 Å². The molecule has 0 rings (SSSR count). The van der Waals surface area contributed by atoms with E-state index in [-0.39, 0.29) is 71.0 Å². The van der Waals surface area contributed by atoms with Crippen LogP contribution in [0.1, 0.15) is 32.6 Å². The molecular weight excluding hydrogens is 418 g/mol. The minimum absolute atomic E-state index is 0.0165. The molecule has 0 heterocycles. The molecule has 0 aromatic rings. The number of hydrogen-bond donors (Lipinski definition) is 5. The molecule has 0 radical (unpaired) electrons. The van der Waals surface area contributed by atoms with Gasteiger partial charge in [0.05, 0.1) is 19.8 Å². The van der Waals surface area contributed by atoms with Gasteiger partial charge in [-0.25, -0.2) is 9.59 Å². The number of ether oxygens (including phenoxy) is 2. The van der Waals surface area contributed by atoms with Gasteiger partial charge in [0, 0.05) is 25.9 Å². The lowest BCUT2D eigenvalue weighted by atomic mass is 10.1. The summed E-state index contributed by atoms with van der Waals surface area (Å²) in [5.74, 6) is -5.23. The molecule has 0 bridgehead atoms. The summed E-state index contributed by atoms with van der Waals surface area (Å²) in [6, 6.07) is -1.26. The van der Waals surface area contributed by atoms with Gasteiger partial charge in [-0.2, -0.15) is 0 Å². The molecule has 13 nitrogen and oxygen atoms in total. The van der Waals surface area contributed by atoms with E-state index in [1.54, 1.807) is 0 Å². The zero-order chi connectivity index (χ0) is 23.6. The van der Waals surface area contributed by atoms with Gasteiger partial charge in [0.2, 0.25) is 11.8 Å². The number of carbonyl (C=O) groups excluding carboxylic acids is 4. The molecule has 0 saturated heterocycles. The van der Waals surface area contributed by atoms with Gasteiger partial charge in [-0.15, -0.1) is 0 Å². The summed E-state index contributed by atoms with van der Waals surface area (Å²) >= 11 is 0. The zero-order valence-electron chi connectivity index (χ0n) is 17.3. The Kier molecular flexibility index (Phi) is 15.1. The second-order valence-electron chi connectivity index (χ2n) is 6.38. The van der Waals surface area contributed by atoms with Gasteiger partial charge in [0.15, 0.2) is 5.78 Å². The minimum atomic E-state index is -1.64. The molecule has 0 aromatic carbocycles. The van der Waals surface area contributed by atoms with E-state index < -0.39 is 35.7 Å². The molecule has 0 aliphatic rings. The van der Waals surface area contributed by atoms with Crippen molar-refractivity contribution in [3.8, 4) is 0 Å². The lowest BCUT2D eigenvalue weighted by Crippen LogP contribution is -2.42. The maximum Gasteiger partial charge on any atom is 0.394 e. The second kappa shape index (κ2) is 16.7. The number of carboxylic acids is 2. The number of nitrogens with one attached hydrogen (secondary N) is 3. The maximum atomic E-state index is 11.8. The summed E-state index contributed by atoms with van der Waals surface area (Å²) in [4.78, 5) is 66.6. The second-order valence-corrected chi connectivity index (χ2v) is 6.38. The SMILES string of the molecule is CC(=O)COCCOCCNC(=O)CCC(NC(=O)CCCNC(=O)C(=O)O)C(=O)O. The first-order valence-corrected chi connectivity index (χ1v) is 9.58. The van der Waals surface area contributed by atoms with Crippen LogP contribution in [0.5, 0.6) is 0 Å². The van der Waals surface area contributed by atoms with E-state index >= 15 is 0 Å². The highest BCUT2D eigenvalue weighted by molar-refractivity contribution is 6.31. The number of amides is 3. The van der Waals surface area contributed by atoms with E-state index in [2.05, 4.69) is 16.0 Å². The average molecular weight is 447 g/mol. The Labute approximate surface area is 178 Å². The molecule has 5 N–H and O–H groups in total. The van der Waals surface area contributed by atoms with Crippen LogP contribution in [-0.4, -0.2) is 91.2 Å². The first-order chi connectivity index (χ1) is 14.6. The summed E-state index contributed by atoms with van der Waals surface area (Å²) in [5, 5.41) is 24.5. The summed E-state index contributed by atoms with van der Waals surface area (Å²) in [7, 11) is 0. The van der Waals surface area contributed by atoms with Crippen LogP contribution in [0.2, 0.25) is 0 Å². The number of rotatable bonds is 17. The number of hydrogen-bond acceptors (Lipinski definition) is 8. The highest BCUT2D eigenvalue weighted by Crippen LogP contribution is 2.00. The van der Waals surface area contributed by atoms with Crippen molar-refractivity contribution in [3.05, 3.63) is 0 Å². The fourth-order valence-corrected chi connectivity index (χ4v) is 2.11. The highest BCUT2D eigenvalue weighted by atomic mass is 16.5. The Balaban J connectivity index is 3.95. The van der Waals surface area contributed by atoms with E-state index in [0.29, 0.717) is 0 Å². The van der Waals surface area contributed by atoms with Crippen molar-refractivity contribution in [2.24, 2.45) is 0 Å². The van der Waals surface area contributed by atoms with Gasteiger partial charge in [0.25, 0.3) is 0 Å². The van der Waals surface area contributed by atoms with E-state index in [1.165, 1.54) is 6.92 Å². The standard InChI is InChI=1S/C18H29N3O10/c1-12(22)11-31-10-9-30-8-7-19-14(23)5-4-13(17(26)27)21-15(24)3-2-6-20-16(25)18(28)29/h13H,2-11H2,1H3,(H,19,23)(H,20,25)(H,21,24)(H,26,27)(H,28,29). The molecule has 1 unspecified atom stereocenters. The van der Waals surface area contributed by atoms with Gasteiger partial charge in [-0.05, 0) is 19.8 Å². The molecule has 0 aliphatic carbocycles. The predicted octanol–water partition coefficient (Wildman–Crippen LogP) is -1.94. The van der Waals surface area contributed by atoms with Gasteiger partial charge in [0.1, 0.15) is 12.6 Å². The van der Waals surface area contributed by atoms with Crippen LogP contribution < -0.4 is 16.0 Å². The fourth-order valence-electron chi connectivity index (χ4n) is 2.11. The monoisotopic (exact) mass is 447 g/mol. The Morgan fingerprint density at radius 1 is 0.839 bits per heavy atom. The molecular formula is C18H29N3O10. The normalized spacial score (nSPS) is 11.3. The number of ketones is 1. The van der Waals surface area contributed by atoms with Crippen molar-refractivity contribution in [1.29, 1.82) is 0 Å². The molecule has 0 saturated carbocycles. The molecule has 0 spiro atoms. The Morgan fingerprint density at radius 2 is 1.52 bits per heavy atom. The number of aliphatic carboxylic acids is 2. The fraction of sp³-hybridized carbons (Fsp3) is 0.667. The van der Waals surface area contributed by atoms with E-state index in [1.807, 2.05) is 0 Å². The Hall–Kier alpha value is -3.06.